The molecule has 1 N–H and O–H groups in total. The molecule has 0 spiro atoms. The van der Waals surface area contributed by atoms with Crippen molar-refractivity contribution in [3.05, 3.63) is 65.0 Å². The maximum absolute atomic E-state index is 10.4. The molecule has 0 radical (unpaired) electrons. The fourth-order valence-corrected chi connectivity index (χ4v) is 2.47. The van der Waals surface area contributed by atoms with Crippen LogP contribution in [0.5, 0.6) is 0 Å². The Morgan fingerprint density at radius 2 is 1.90 bits per heavy atom. The van der Waals surface area contributed by atoms with Gasteiger partial charge < -0.3 is 5.11 Å². The third-order valence-electron chi connectivity index (χ3n) is 3.29. The molecule has 0 aliphatic rings. The highest BCUT2D eigenvalue weighted by Gasteiger charge is 2.12. The molecule has 1 aromatic heterocycles. The van der Waals surface area contributed by atoms with Gasteiger partial charge in [-0.1, -0.05) is 35.4 Å². The van der Waals surface area contributed by atoms with Crippen LogP contribution in [0.1, 0.15) is 28.4 Å². The highest BCUT2D eigenvalue weighted by molar-refractivity contribution is 5.30. The van der Waals surface area contributed by atoms with Crippen molar-refractivity contribution in [2.24, 2.45) is 0 Å². The molecule has 0 saturated carbocycles. The lowest BCUT2D eigenvalue weighted by atomic mass is 10.0. The second-order valence-electron chi connectivity index (χ2n) is 5.49. The van der Waals surface area contributed by atoms with Crippen LogP contribution in [0.2, 0.25) is 0 Å². The largest absolute Gasteiger partial charge is 0.387 e. The predicted octanol–water partition coefficient (Wildman–Crippen LogP) is 2.86. The van der Waals surface area contributed by atoms with E-state index in [1.807, 2.05) is 25.4 Å². The number of pyridine rings is 1. The fourth-order valence-electron chi connectivity index (χ4n) is 2.47. The first-order valence-corrected chi connectivity index (χ1v) is 6.88. The Morgan fingerprint density at radius 3 is 2.50 bits per heavy atom. The molecule has 3 nitrogen and oxygen atoms in total. The number of aliphatic hydroxyl groups is 1. The van der Waals surface area contributed by atoms with Crippen molar-refractivity contribution < 1.29 is 5.11 Å². The number of rotatable bonds is 5. The lowest BCUT2D eigenvalue weighted by Gasteiger charge is -2.21. The molecule has 0 bridgehead atoms. The number of aliphatic hydroxyl groups excluding tert-OH is 1. The smallest absolute Gasteiger partial charge is 0.0917 e. The molecule has 2 aromatic rings. The van der Waals surface area contributed by atoms with Crippen molar-refractivity contribution in [2.45, 2.75) is 26.5 Å². The van der Waals surface area contributed by atoms with Gasteiger partial charge in [-0.25, -0.2) is 0 Å². The Balaban J connectivity index is 1.98. The minimum atomic E-state index is -0.463. The highest BCUT2D eigenvalue weighted by atomic mass is 16.3. The average molecular weight is 270 g/mol. The number of benzene rings is 1. The molecule has 20 heavy (non-hydrogen) atoms. The van der Waals surface area contributed by atoms with Gasteiger partial charge in [-0.15, -0.1) is 0 Å². The summed E-state index contributed by atoms with van der Waals surface area (Å²) in [5, 5.41) is 10.4. The molecule has 1 unspecified atom stereocenters. The summed E-state index contributed by atoms with van der Waals surface area (Å²) in [6, 6.07) is 10.2. The molecule has 0 fully saturated rings. The normalized spacial score (nSPS) is 12.7. The van der Waals surface area contributed by atoms with Gasteiger partial charge >= 0.3 is 0 Å². The van der Waals surface area contributed by atoms with E-state index >= 15 is 0 Å². The van der Waals surface area contributed by atoms with Gasteiger partial charge in [0.2, 0.25) is 0 Å². The topological polar surface area (TPSA) is 36.4 Å². The molecule has 3 heteroatoms. The first-order chi connectivity index (χ1) is 9.54. The zero-order valence-corrected chi connectivity index (χ0v) is 12.4. The lowest BCUT2D eigenvalue weighted by Crippen LogP contribution is -2.24. The van der Waals surface area contributed by atoms with Crippen molar-refractivity contribution in [2.75, 3.05) is 13.6 Å². The van der Waals surface area contributed by atoms with E-state index in [0.717, 1.165) is 17.7 Å². The fraction of sp³-hybridized carbons (Fsp3) is 0.353. The summed E-state index contributed by atoms with van der Waals surface area (Å²) in [6.07, 6.45) is 3.17. The Bertz CT molecular complexity index is 534. The van der Waals surface area contributed by atoms with E-state index in [1.165, 1.54) is 11.1 Å². The molecule has 106 valence electrons. The van der Waals surface area contributed by atoms with Crippen LogP contribution in [-0.4, -0.2) is 28.6 Å². The summed E-state index contributed by atoms with van der Waals surface area (Å²) < 4.78 is 0. The lowest BCUT2D eigenvalue weighted by molar-refractivity contribution is 0.123. The van der Waals surface area contributed by atoms with Crippen LogP contribution in [-0.2, 0) is 6.54 Å². The first kappa shape index (κ1) is 14.7. The number of aryl methyl sites for hydroxylation is 2. The Morgan fingerprint density at radius 1 is 1.20 bits per heavy atom. The molecule has 0 saturated heterocycles. The standard InChI is InChI=1S/C17H22N2O/c1-13-7-14(2)9-16(8-13)17(20)12-19(3)11-15-5-4-6-18-10-15/h4-10,17,20H,11-12H2,1-3H3. The number of likely N-dealkylation sites (N-methyl/N-ethyl adjacent to an activating group) is 1. The Hall–Kier alpha value is -1.71. The maximum atomic E-state index is 10.4. The number of hydrogen-bond acceptors (Lipinski definition) is 3. The predicted molar refractivity (Wildman–Crippen MR) is 81.4 cm³/mol. The monoisotopic (exact) mass is 270 g/mol. The van der Waals surface area contributed by atoms with E-state index < -0.39 is 6.10 Å². The molecule has 1 aromatic carbocycles. The molecular formula is C17H22N2O. The zero-order valence-electron chi connectivity index (χ0n) is 12.4. The van der Waals surface area contributed by atoms with Crippen molar-refractivity contribution in [3.8, 4) is 0 Å². The van der Waals surface area contributed by atoms with Gasteiger partial charge in [0, 0.05) is 25.5 Å². The SMILES string of the molecule is Cc1cc(C)cc(C(O)CN(C)Cc2cccnc2)c1. The van der Waals surface area contributed by atoms with Gasteiger partial charge in [0.05, 0.1) is 6.10 Å². The minimum Gasteiger partial charge on any atom is -0.387 e. The van der Waals surface area contributed by atoms with Gasteiger partial charge in [-0.2, -0.15) is 0 Å². The van der Waals surface area contributed by atoms with Crippen molar-refractivity contribution >= 4 is 0 Å². The molecule has 0 aliphatic carbocycles. The molecule has 0 amide bonds. The second-order valence-corrected chi connectivity index (χ2v) is 5.49. The number of hydrogen-bond donors (Lipinski definition) is 1. The van der Waals surface area contributed by atoms with Gasteiger partial charge in [-0.05, 0) is 38.1 Å². The summed E-state index contributed by atoms with van der Waals surface area (Å²) in [5.41, 5.74) is 4.52. The second kappa shape index (κ2) is 6.64. The van der Waals surface area contributed by atoms with Crippen LogP contribution in [0.3, 0.4) is 0 Å². The maximum Gasteiger partial charge on any atom is 0.0917 e. The molecule has 0 aliphatic heterocycles. The minimum absolute atomic E-state index is 0.463. The van der Waals surface area contributed by atoms with E-state index in [0.29, 0.717) is 6.54 Å². The van der Waals surface area contributed by atoms with Gasteiger partial charge in [0.25, 0.3) is 0 Å². The third-order valence-corrected chi connectivity index (χ3v) is 3.29. The molecule has 2 rings (SSSR count). The average Bonchev–Trinajstić information content (AvgIpc) is 2.38. The van der Waals surface area contributed by atoms with Crippen molar-refractivity contribution in [1.82, 2.24) is 9.88 Å². The van der Waals surface area contributed by atoms with Gasteiger partial charge in [0.1, 0.15) is 0 Å². The zero-order chi connectivity index (χ0) is 14.5. The van der Waals surface area contributed by atoms with Crippen LogP contribution >= 0.6 is 0 Å². The first-order valence-electron chi connectivity index (χ1n) is 6.88. The number of nitrogens with zero attached hydrogens (tertiary/aromatic N) is 2. The van der Waals surface area contributed by atoms with E-state index in [1.54, 1.807) is 6.20 Å². The molecular weight excluding hydrogens is 248 g/mol. The summed E-state index contributed by atoms with van der Waals surface area (Å²) >= 11 is 0. The molecule has 1 heterocycles. The highest BCUT2D eigenvalue weighted by Crippen LogP contribution is 2.18. The van der Waals surface area contributed by atoms with Gasteiger partial charge in [-0.3, -0.25) is 9.88 Å². The van der Waals surface area contributed by atoms with Crippen LogP contribution in [0, 0.1) is 13.8 Å². The summed E-state index contributed by atoms with van der Waals surface area (Å²) in [6.45, 7) is 5.51. The van der Waals surface area contributed by atoms with Crippen molar-refractivity contribution in [3.63, 3.8) is 0 Å². The van der Waals surface area contributed by atoms with E-state index in [2.05, 4.69) is 41.9 Å². The van der Waals surface area contributed by atoms with E-state index in [-0.39, 0.29) is 0 Å². The van der Waals surface area contributed by atoms with Crippen LogP contribution in [0.15, 0.2) is 42.7 Å². The van der Waals surface area contributed by atoms with E-state index in [9.17, 15) is 5.11 Å². The van der Waals surface area contributed by atoms with Crippen LogP contribution in [0.25, 0.3) is 0 Å². The number of aromatic nitrogens is 1. The van der Waals surface area contributed by atoms with Crippen LogP contribution < -0.4 is 0 Å². The summed E-state index contributed by atoms with van der Waals surface area (Å²) in [4.78, 5) is 6.22. The summed E-state index contributed by atoms with van der Waals surface area (Å²) in [7, 11) is 2.01. The quantitative estimate of drug-likeness (QED) is 0.907. The van der Waals surface area contributed by atoms with Gasteiger partial charge in [0.15, 0.2) is 0 Å². The third kappa shape index (κ3) is 4.15. The van der Waals surface area contributed by atoms with E-state index in [4.69, 9.17) is 0 Å². The summed E-state index contributed by atoms with van der Waals surface area (Å²) in [5.74, 6) is 0. The Labute approximate surface area is 120 Å². The van der Waals surface area contributed by atoms with Crippen molar-refractivity contribution in [1.29, 1.82) is 0 Å². The Kier molecular flexibility index (Phi) is 4.88. The molecule has 1 atom stereocenters. The van der Waals surface area contributed by atoms with Crippen LogP contribution in [0.4, 0.5) is 0 Å².